The van der Waals surface area contributed by atoms with Crippen molar-refractivity contribution in [3.05, 3.63) is 29.3 Å². The topological polar surface area (TPSA) is 70.0 Å². The number of rotatable bonds is 2. The molecule has 3 N–H and O–H groups in total. The van der Waals surface area contributed by atoms with Crippen LogP contribution in [0.4, 0.5) is 0 Å². The summed E-state index contributed by atoms with van der Waals surface area (Å²) in [7, 11) is 0. The van der Waals surface area contributed by atoms with Gasteiger partial charge in [-0.3, -0.25) is 0 Å². The minimum atomic E-state index is -0.0947. The Bertz CT molecular complexity index is 366. The number of phenolic OH excluding ortho intramolecular Hbond substituents is 1. The average Bonchev–Trinajstić information content (AvgIpc) is 2.17. The second kappa shape index (κ2) is 4.12. The van der Waals surface area contributed by atoms with Gasteiger partial charge in [0, 0.05) is 6.04 Å². The van der Waals surface area contributed by atoms with Crippen LogP contribution in [-0.4, -0.2) is 5.11 Å². The number of nitrogens with zero attached hydrogens (tertiary/aromatic N) is 1. The summed E-state index contributed by atoms with van der Waals surface area (Å²) >= 11 is 0. The van der Waals surface area contributed by atoms with Crippen molar-refractivity contribution >= 4 is 0 Å². The van der Waals surface area contributed by atoms with Gasteiger partial charge < -0.3 is 10.8 Å². The van der Waals surface area contributed by atoms with Gasteiger partial charge >= 0.3 is 0 Å². The van der Waals surface area contributed by atoms with E-state index in [-0.39, 0.29) is 17.4 Å². The molecule has 0 heterocycles. The fraction of sp³-hybridized carbons (Fsp3) is 0.364. The molecule has 0 spiro atoms. The molecular weight excluding hydrogens is 176 g/mol. The van der Waals surface area contributed by atoms with Crippen molar-refractivity contribution in [2.75, 3.05) is 0 Å². The second-order valence-electron chi connectivity index (χ2n) is 3.66. The van der Waals surface area contributed by atoms with Gasteiger partial charge in [0.2, 0.25) is 0 Å². The minimum absolute atomic E-state index is 0.00667. The third-order valence-electron chi connectivity index (χ3n) is 2.24. The third kappa shape index (κ3) is 2.04. The Balaban J connectivity index is 3.08. The SMILES string of the molecule is CC(C)C(N)c1ccc(O)c(C#N)c1. The van der Waals surface area contributed by atoms with Crippen LogP contribution in [0.5, 0.6) is 5.75 Å². The molecule has 0 aliphatic rings. The molecule has 1 rings (SSSR count). The highest BCUT2D eigenvalue weighted by molar-refractivity contribution is 5.45. The van der Waals surface area contributed by atoms with Crippen molar-refractivity contribution in [3.8, 4) is 11.8 Å². The molecule has 74 valence electrons. The van der Waals surface area contributed by atoms with Crippen molar-refractivity contribution in [2.24, 2.45) is 11.7 Å². The normalized spacial score (nSPS) is 12.5. The maximum absolute atomic E-state index is 9.29. The van der Waals surface area contributed by atoms with Gasteiger partial charge in [-0.15, -0.1) is 0 Å². The van der Waals surface area contributed by atoms with E-state index < -0.39 is 0 Å². The van der Waals surface area contributed by atoms with Gasteiger partial charge in [0.05, 0.1) is 5.56 Å². The number of nitrogens with two attached hydrogens (primary N) is 1. The van der Waals surface area contributed by atoms with Crippen LogP contribution < -0.4 is 5.73 Å². The number of nitriles is 1. The van der Waals surface area contributed by atoms with Crippen molar-refractivity contribution in [1.29, 1.82) is 5.26 Å². The Morgan fingerprint density at radius 1 is 1.43 bits per heavy atom. The maximum atomic E-state index is 9.29. The van der Waals surface area contributed by atoms with Crippen molar-refractivity contribution in [1.82, 2.24) is 0 Å². The van der Waals surface area contributed by atoms with E-state index in [0.717, 1.165) is 5.56 Å². The second-order valence-corrected chi connectivity index (χ2v) is 3.66. The first-order valence-electron chi connectivity index (χ1n) is 4.55. The van der Waals surface area contributed by atoms with Gasteiger partial charge in [0.1, 0.15) is 11.8 Å². The quantitative estimate of drug-likeness (QED) is 0.748. The minimum Gasteiger partial charge on any atom is -0.507 e. The predicted octanol–water partition coefficient (Wildman–Crippen LogP) is 1.92. The standard InChI is InChI=1S/C11H14N2O/c1-7(2)11(13)8-3-4-10(14)9(5-8)6-12/h3-5,7,11,14H,13H2,1-2H3. The number of benzene rings is 1. The predicted molar refractivity (Wildman–Crippen MR) is 54.6 cm³/mol. The number of hydrogen-bond acceptors (Lipinski definition) is 3. The molecule has 0 saturated carbocycles. The zero-order valence-corrected chi connectivity index (χ0v) is 8.36. The van der Waals surface area contributed by atoms with E-state index in [9.17, 15) is 5.11 Å². The fourth-order valence-corrected chi connectivity index (χ4v) is 1.24. The summed E-state index contributed by atoms with van der Waals surface area (Å²) in [6.07, 6.45) is 0. The smallest absolute Gasteiger partial charge is 0.133 e. The van der Waals surface area contributed by atoms with Crippen LogP contribution in [0, 0.1) is 17.2 Å². The van der Waals surface area contributed by atoms with Crippen LogP contribution in [0.2, 0.25) is 0 Å². The van der Waals surface area contributed by atoms with Crippen LogP contribution >= 0.6 is 0 Å². The maximum Gasteiger partial charge on any atom is 0.133 e. The number of hydrogen-bond donors (Lipinski definition) is 2. The van der Waals surface area contributed by atoms with E-state index in [2.05, 4.69) is 0 Å². The molecule has 0 radical (unpaired) electrons. The Kier molecular flexibility index (Phi) is 3.10. The molecule has 1 aromatic rings. The molecule has 1 aromatic carbocycles. The van der Waals surface area contributed by atoms with Gasteiger partial charge in [0.25, 0.3) is 0 Å². The van der Waals surface area contributed by atoms with Gasteiger partial charge in [0.15, 0.2) is 0 Å². The Morgan fingerprint density at radius 3 is 2.57 bits per heavy atom. The van der Waals surface area contributed by atoms with Crippen molar-refractivity contribution in [3.63, 3.8) is 0 Å². The first kappa shape index (κ1) is 10.6. The molecule has 0 fully saturated rings. The van der Waals surface area contributed by atoms with Gasteiger partial charge in [-0.1, -0.05) is 19.9 Å². The highest BCUT2D eigenvalue weighted by Gasteiger charge is 2.12. The first-order chi connectivity index (χ1) is 6.56. The zero-order valence-electron chi connectivity index (χ0n) is 8.36. The van der Waals surface area contributed by atoms with E-state index >= 15 is 0 Å². The van der Waals surface area contributed by atoms with Crippen LogP contribution in [0.25, 0.3) is 0 Å². The molecule has 0 aliphatic heterocycles. The van der Waals surface area contributed by atoms with Crippen LogP contribution in [-0.2, 0) is 0 Å². The third-order valence-corrected chi connectivity index (χ3v) is 2.24. The Hall–Kier alpha value is -1.53. The van der Waals surface area contributed by atoms with Gasteiger partial charge in [-0.2, -0.15) is 5.26 Å². The molecule has 1 unspecified atom stereocenters. The molecular formula is C11H14N2O. The summed E-state index contributed by atoms with van der Waals surface area (Å²) in [6.45, 7) is 4.03. The van der Waals surface area contributed by atoms with Crippen molar-refractivity contribution < 1.29 is 5.11 Å². The summed E-state index contributed by atoms with van der Waals surface area (Å²) in [5.74, 6) is 0.318. The van der Waals surface area contributed by atoms with Gasteiger partial charge in [-0.25, -0.2) is 0 Å². The van der Waals surface area contributed by atoms with E-state index in [1.54, 1.807) is 12.1 Å². The molecule has 0 aromatic heterocycles. The zero-order chi connectivity index (χ0) is 10.7. The van der Waals surface area contributed by atoms with Crippen LogP contribution in [0.3, 0.4) is 0 Å². The van der Waals surface area contributed by atoms with E-state index in [1.165, 1.54) is 6.07 Å². The van der Waals surface area contributed by atoms with E-state index in [0.29, 0.717) is 5.92 Å². The van der Waals surface area contributed by atoms with Crippen LogP contribution in [0.15, 0.2) is 18.2 Å². The van der Waals surface area contributed by atoms with E-state index in [4.69, 9.17) is 11.0 Å². The molecule has 0 aliphatic carbocycles. The van der Waals surface area contributed by atoms with Crippen LogP contribution in [0.1, 0.15) is 31.0 Å². The summed E-state index contributed by atoms with van der Waals surface area (Å²) in [6, 6.07) is 6.73. The average molecular weight is 190 g/mol. The Labute approximate surface area is 83.8 Å². The highest BCUT2D eigenvalue weighted by atomic mass is 16.3. The molecule has 0 saturated heterocycles. The Morgan fingerprint density at radius 2 is 2.07 bits per heavy atom. The first-order valence-corrected chi connectivity index (χ1v) is 4.55. The lowest BCUT2D eigenvalue weighted by Crippen LogP contribution is -2.16. The fourth-order valence-electron chi connectivity index (χ4n) is 1.24. The summed E-state index contributed by atoms with van der Waals surface area (Å²) in [4.78, 5) is 0. The van der Waals surface area contributed by atoms with Crippen molar-refractivity contribution in [2.45, 2.75) is 19.9 Å². The molecule has 0 bridgehead atoms. The summed E-state index contributed by atoms with van der Waals surface area (Å²) in [5.41, 5.74) is 7.08. The molecule has 14 heavy (non-hydrogen) atoms. The lowest BCUT2D eigenvalue weighted by atomic mass is 9.95. The number of aromatic hydroxyl groups is 1. The monoisotopic (exact) mass is 190 g/mol. The lowest BCUT2D eigenvalue weighted by molar-refractivity contribution is 0.471. The molecule has 0 amide bonds. The number of phenols is 1. The molecule has 3 nitrogen and oxygen atoms in total. The molecule has 1 atom stereocenters. The summed E-state index contributed by atoms with van der Waals surface area (Å²) in [5, 5.41) is 18.0. The van der Waals surface area contributed by atoms with E-state index in [1.807, 2.05) is 19.9 Å². The summed E-state index contributed by atoms with van der Waals surface area (Å²) < 4.78 is 0. The largest absolute Gasteiger partial charge is 0.507 e. The highest BCUT2D eigenvalue weighted by Crippen LogP contribution is 2.24. The lowest BCUT2D eigenvalue weighted by Gasteiger charge is -2.16. The molecule has 3 heteroatoms. The van der Waals surface area contributed by atoms with Gasteiger partial charge in [-0.05, 0) is 23.6 Å².